The number of rotatable bonds is 4. The lowest BCUT2D eigenvalue weighted by atomic mass is 10.2. The van der Waals surface area contributed by atoms with Gasteiger partial charge in [-0.2, -0.15) is 0 Å². The highest BCUT2D eigenvalue weighted by molar-refractivity contribution is 14.1. The molecule has 3 nitrogen and oxygen atoms in total. The van der Waals surface area contributed by atoms with E-state index in [1.807, 2.05) is 12.1 Å². The van der Waals surface area contributed by atoms with Crippen LogP contribution in [0.5, 0.6) is 0 Å². The molecule has 0 fully saturated rings. The minimum Gasteiger partial charge on any atom is -0.381 e. The second-order valence-electron chi connectivity index (χ2n) is 3.93. The van der Waals surface area contributed by atoms with E-state index in [-0.39, 0.29) is 0 Å². The first-order chi connectivity index (χ1) is 8.65. The molecule has 0 atom stereocenters. The molecule has 0 unspecified atom stereocenters. The third kappa shape index (κ3) is 3.46. The lowest BCUT2D eigenvalue weighted by molar-refractivity contribution is 0.100. The van der Waals surface area contributed by atoms with E-state index in [0.717, 1.165) is 12.2 Å². The Morgan fingerprint density at radius 3 is 2.56 bits per heavy atom. The Kier molecular flexibility index (Phi) is 4.19. The van der Waals surface area contributed by atoms with Gasteiger partial charge in [0, 0.05) is 21.4 Å². The van der Waals surface area contributed by atoms with Crippen LogP contribution in [0.15, 0.2) is 48.5 Å². The highest BCUT2D eigenvalue weighted by Gasteiger charge is 2.01. The summed E-state index contributed by atoms with van der Waals surface area (Å²) >= 11 is 2.28. The number of amides is 1. The predicted octanol–water partition coefficient (Wildman–Crippen LogP) is 3.00. The van der Waals surface area contributed by atoms with Crippen molar-refractivity contribution in [2.24, 2.45) is 5.73 Å². The van der Waals surface area contributed by atoms with Gasteiger partial charge in [0.15, 0.2) is 0 Å². The molecule has 0 saturated heterocycles. The molecule has 18 heavy (non-hydrogen) atoms. The van der Waals surface area contributed by atoms with E-state index >= 15 is 0 Å². The number of carbonyl (C=O) groups excluding carboxylic acids is 1. The lowest BCUT2D eigenvalue weighted by Crippen LogP contribution is -2.11. The molecule has 2 aromatic rings. The third-order valence-electron chi connectivity index (χ3n) is 2.56. The smallest absolute Gasteiger partial charge is 0.248 e. The number of benzene rings is 2. The quantitative estimate of drug-likeness (QED) is 0.832. The van der Waals surface area contributed by atoms with E-state index in [4.69, 9.17) is 5.73 Å². The molecule has 0 aliphatic rings. The number of carbonyl (C=O) groups is 1. The summed E-state index contributed by atoms with van der Waals surface area (Å²) in [6.07, 6.45) is 0. The fraction of sp³-hybridized carbons (Fsp3) is 0.0714. The van der Waals surface area contributed by atoms with Gasteiger partial charge >= 0.3 is 0 Å². The zero-order valence-electron chi connectivity index (χ0n) is 9.69. The summed E-state index contributed by atoms with van der Waals surface area (Å²) in [6, 6.07) is 15.5. The summed E-state index contributed by atoms with van der Waals surface area (Å²) in [6.45, 7) is 0.721. The van der Waals surface area contributed by atoms with Crippen molar-refractivity contribution in [1.29, 1.82) is 0 Å². The van der Waals surface area contributed by atoms with Crippen LogP contribution in [0, 0.1) is 3.57 Å². The van der Waals surface area contributed by atoms with Gasteiger partial charge in [-0.15, -0.1) is 0 Å². The molecule has 0 aromatic heterocycles. The summed E-state index contributed by atoms with van der Waals surface area (Å²) in [5, 5.41) is 3.27. The maximum Gasteiger partial charge on any atom is 0.248 e. The van der Waals surface area contributed by atoms with Crippen LogP contribution in [-0.4, -0.2) is 5.91 Å². The van der Waals surface area contributed by atoms with Crippen molar-refractivity contribution in [3.8, 4) is 0 Å². The summed E-state index contributed by atoms with van der Waals surface area (Å²) in [5.41, 5.74) is 7.84. The minimum atomic E-state index is -0.409. The standard InChI is InChI=1S/C14H13IN2O/c15-12-6-4-10(5-7-12)9-17-13-3-1-2-11(8-13)14(16)18/h1-8,17H,9H2,(H2,16,18). The molecule has 0 saturated carbocycles. The summed E-state index contributed by atoms with van der Waals surface area (Å²) < 4.78 is 1.21. The summed E-state index contributed by atoms with van der Waals surface area (Å²) in [4.78, 5) is 11.1. The average molecular weight is 352 g/mol. The van der Waals surface area contributed by atoms with E-state index in [9.17, 15) is 4.79 Å². The molecule has 1 amide bonds. The van der Waals surface area contributed by atoms with Crippen LogP contribution in [-0.2, 0) is 6.54 Å². The van der Waals surface area contributed by atoms with Crippen molar-refractivity contribution in [3.05, 3.63) is 63.2 Å². The molecule has 0 aliphatic carbocycles. The number of nitrogens with two attached hydrogens (primary N) is 1. The summed E-state index contributed by atoms with van der Waals surface area (Å²) in [5.74, 6) is -0.409. The lowest BCUT2D eigenvalue weighted by Gasteiger charge is -2.07. The van der Waals surface area contributed by atoms with Gasteiger partial charge < -0.3 is 11.1 Å². The van der Waals surface area contributed by atoms with Gasteiger partial charge in [0.1, 0.15) is 0 Å². The Balaban J connectivity index is 2.04. The van der Waals surface area contributed by atoms with Gasteiger partial charge in [-0.05, 0) is 58.5 Å². The maximum atomic E-state index is 11.1. The van der Waals surface area contributed by atoms with Crippen molar-refractivity contribution >= 4 is 34.2 Å². The van der Waals surface area contributed by atoms with Crippen LogP contribution in [0.4, 0.5) is 5.69 Å². The predicted molar refractivity (Wildman–Crippen MR) is 81.4 cm³/mol. The SMILES string of the molecule is NC(=O)c1cccc(NCc2ccc(I)cc2)c1. The number of halogens is 1. The number of anilines is 1. The van der Waals surface area contributed by atoms with E-state index in [2.05, 4.69) is 52.2 Å². The van der Waals surface area contributed by atoms with Crippen LogP contribution in [0.3, 0.4) is 0 Å². The molecular formula is C14H13IN2O. The number of nitrogens with one attached hydrogen (secondary N) is 1. The average Bonchev–Trinajstić information content (AvgIpc) is 2.38. The Labute approximate surface area is 120 Å². The van der Waals surface area contributed by atoms with Crippen molar-refractivity contribution in [3.63, 3.8) is 0 Å². The molecule has 3 N–H and O–H groups in total. The molecule has 92 valence electrons. The first-order valence-corrected chi connectivity index (χ1v) is 6.61. The Hall–Kier alpha value is -1.56. The largest absolute Gasteiger partial charge is 0.381 e. The first-order valence-electron chi connectivity index (χ1n) is 5.53. The van der Waals surface area contributed by atoms with E-state index in [0.29, 0.717) is 5.56 Å². The highest BCUT2D eigenvalue weighted by atomic mass is 127. The number of hydrogen-bond acceptors (Lipinski definition) is 2. The Bertz CT molecular complexity index is 552. The third-order valence-corrected chi connectivity index (χ3v) is 3.28. The zero-order chi connectivity index (χ0) is 13.0. The van der Waals surface area contributed by atoms with Crippen molar-refractivity contribution in [2.45, 2.75) is 6.54 Å². The maximum absolute atomic E-state index is 11.1. The normalized spacial score (nSPS) is 10.1. The van der Waals surface area contributed by atoms with Crippen LogP contribution in [0.1, 0.15) is 15.9 Å². The van der Waals surface area contributed by atoms with Gasteiger partial charge in [-0.3, -0.25) is 4.79 Å². The highest BCUT2D eigenvalue weighted by Crippen LogP contribution is 2.13. The van der Waals surface area contributed by atoms with Crippen LogP contribution in [0.2, 0.25) is 0 Å². The first kappa shape index (κ1) is 12.9. The van der Waals surface area contributed by atoms with E-state index in [1.165, 1.54) is 9.13 Å². The van der Waals surface area contributed by atoms with E-state index < -0.39 is 5.91 Å². The minimum absolute atomic E-state index is 0.409. The Morgan fingerprint density at radius 1 is 1.17 bits per heavy atom. The molecule has 0 radical (unpaired) electrons. The van der Waals surface area contributed by atoms with Crippen LogP contribution in [0.25, 0.3) is 0 Å². The topological polar surface area (TPSA) is 55.1 Å². The molecular weight excluding hydrogens is 339 g/mol. The fourth-order valence-corrected chi connectivity index (χ4v) is 1.95. The van der Waals surface area contributed by atoms with E-state index in [1.54, 1.807) is 12.1 Å². The number of primary amides is 1. The van der Waals surface area contributed by atoms with Gasteiger partial charge in [-0.25, -0.2) is 0 Å². The second-order valence-corrected chi connectivity index (χ2v) is 5.17. The van der Waals surface area contributed by atoms with Crippen LogP contribution < -0.4 is 11.1 Å². The molecule has 4 heteroatoms. The van der Waals surface area contributed by atoms with Gasteiger partial charge in [0.05, 0.1) is 0 Å². The molecule has 2 aromatic carbocycles. The second kappa shape index (κ2) is 5.86. The fourth-order valence-electron chi connectivity index (χ4n) is 1.59. The number of hydrogen-bond donors (Lipinski definition) is 2. The molecule has 0 spiro atoms. The zero-order valence-corrected chi connectivity index (χ0v) is 11.8. The van der Waals surface area contributed by atoms with Crippen molar-refractivity contribution in [1.82, 2.24) is 0 Å². The molecule has 0 aliphatic heterocycles. The molecule has 0 bridgehead atoms. The summed E-state index contributed by atoms with van der Waals surface area (Å²) in [7, 11) is 0. The van der Waals surface area contributed by atoms with Gasteiger partial charge in [0.2, 0.25) is 5.91 Å². The van der Waals surface area contributed by atoms with Gasteiger partial charge in [0.25, 0.3) is 0 Å². The van der Waals surface area contributed by atoms with Crippen molar-refractivity contribution in [2.75, 3.05) is 5.32 Å². The van der Waals surface area contributed by atoms with Crippen molar-refractivity contribution < 1.29 is 4.79 Å². The molecule has 0 heterocycles. The monoisotopic (exact) mass is 352 g/mol. The molecule has 2 rings (SSSR count). The van der Waals surface area contributed by atoms with Gasteiger partial charge in [-0.1, -0.05) is 18.2 Å². The Morgan fingerprint density at radius 2 is 1.89 bits per heavy atom. The van der Waals surface area contributed by atoms with Crippen LogP contribution >= 0.6 is 22.6 Å².